The number of anilines is 3. The summed E-state index contributed by atoms with van der Waals surface area (Å²) in [4.78, 5) is 33.2. The first-order valence-electron chi connectivity index (χ1n) is 15.3. The van der Waals surface area contributed by atoms with Crippen LogP contribution in [0.2, 0.25) is 0 Å². The lowest BCUT2D eigenvalue weighted by molar-refractivity contribution is -0.133. The van der Waals surface area contributed by atoms with Crippen LogP contribution in [0.3, 0.4) is 0 Å². The number of nitrogens with zero attached hydrogens (tertiary/aromatic N) is 3. The van der Waals surface area contributed by atoms with Gasteiger partial charge in [0.2, 0.25) is 5.91 Å². The molecule has 1 aliphatic heterocycles. The maximum atomic E-state index is 15.9. The third kappa shape index (κ3) is 6.39. The van der Waals surface area contributed by atoms with Gasteiger partial charge in [0.25, 0.3) is 0 Å². The van der Waals surface area contributed by atoms with Crippen molar-refractivity contribution >= 4 is 49.8 Å². The highest BCUT2D eigenvalue weighted by atomic mass is 32.2. The first-order chi connectivity index (χ1) is 22.8. The number of likely N-dealkylation sites (tertiary alicyclic amines) is 1. The Morgan fingerprint density at radius 2 is 1.79 bits per heavy atom. The summed E-state index contributed by atoms with van der Waals surface area (Å²) >= 11 is 0. The van der Waals surface area contributed by atoms with E-state index in [0.29, 0.717) is 35.3 Å². The van der Waals surface area contributed by atoms with E-state index < -0.39 is 45.0 Å². The number of hydrogen-bond acceptors (Lipinski definition) is 9. The Hall–Kier alpha value is -5.11. The Kier molecular flexibility index (Phi) is 9.66. The molecule has 1 aromatic heterocycles. The number of methoxy groups -OCH3 is 2. The zero-order valence-electron chi connectivity index (χ0n) is 27.2. The van der Waals surface area contributed by atoms with Gasteiger partial charge in [0, 0.05) is 48.2 Å². The molecular weight excluding hydrogens is 641 g/mol. The van der Waals surface area contributed by atoms with Gasteiger partial charge < -0.3 is 30.5 Å². The molecule has 4 N–H and O–H groups in total. The van der Waals surface area contributed by atoms with Crippen LogP contribution in [0, 0.1) is 5.82 Å². The number of carbonyl (C=O) groups excluding carboxylic acids is 1. The van der Waals surface area contributed by atoms with Crippen molar-refractivity contribution in [1.82, 2.24) is 9.88 Å². The number of amides is 2. The highest BCUT2D eigenvalue weighted by Gasteiger charge is 2.39. The van der Waals surface area contributed by atoms with Gasteiger partial charge in [-0.05, 0) is 86.2 Å². The molecule has 0 spiro atoms. The van der Waals surface area contributed by atoms with Crippen LogP contribution >= 0.6 is 0 Å². The summed E-state index contributed by atoms with van der Waals surface area (Å²) < 4.78 is 53.8. The van der Waals surface area contributed by atoms with Crippen molar-refractivity contribution in [3.63, 3.8) is 0 Å². The number of nitrogens with one attached hydrogen (secondary N) is 1. The van der Waals surface area contributed by atoms with Gasteiger partial charge >= 0.3 is 6.09 Å². The fourth-order valence-corrected chi connectivity index (χ4v) is 7.26. The summed E-state index contributed by atoms with van der Waals surface area (Å²) in [6, 6.07) is 11.8. The summed E-state index contributed by atoms with van der Waals surface area (Å²) in [6.07, 6.45) is 1.25. The van der Waals surface area contributed by atoms with Crippen molar-refractivity contribution in [2.75, 3.05) is 43.8 Å². The number of carbonyl (C=O) groups is 2. The van der Waals surface area contributed by atoms with Crippen LogP contribution in [-0.2, 0) is 14.6 Å². The van der Waals surface area contributed by atoms with Crippen LogP contribution < -0.4 is 25.4 Å². The molecule has 0 saturated carbocycles. The van der Waals surface area contributed by atoms with E-state index >= 15 is 4.39 Å². The quantitative estimate of drug-likeness (QED) is 0.187. The summed E-state index contributed by atoms with van der Waals surface area (Å²) in [5, 5.41) is 13.5. The normalized spacial score (nSPS) is 15.4. The molecule has 0 bridgehead atoms. The standard InChI is InChI=1S/C34H38FN5O7S/c1-19(2)48(44,45)30-11-9-22(39(3)34(42)43)16-25(30)27-7-6-14-40(27)33(41)31(24-17-28(46-4)29(47-5)18-26(24)35)38-21-8-10-23-20(15-21)12-13-37-32(23)36/h8-13,15-19,27,31,38H,6-7,14H2,1-5H3,(H2,36,37)(H,42,43)/t27-,31+/m1/s1. The van der Waals surface area contributed by atoms with Crippen LogP contribution in [-0.4, -0.2) is 68.5 Å². The Labute approximate surface area is 278 Å². The molecule has 3 aromatic carbocycles. The summed E-state index contributed by atoms with van der Waals surface area (Å²) in [5.74, 6) is -0.570. The number of pyridine rings is 1. The second kappa shape index (κ2) is 13.6. The molecule has 1 fully saturated rings. The number of sulfone groups is 1. The van der Waals surface area contributed by atoms with Gasteiger partial charge in [-0.25, -0.2) is 22.6 Å². The third-order valence-corrected chi connectivity index (χ3v) is 10.9. The molecule has 2 amide bonds. The average molecular weight is 680 g/mol. The number of rotatable bonds is 10. The monoisotopic (exact) mass is 679 g/mol. The fraction of sp³-hybridized carbons (Fsp3) is 0.324. The van der Waals surface area contributed by atoms with Crippen molar-refractivity contribution in [3.8, 4) is 11.5 Å². The van der Waals surface area contributed by atoms with E-state index in [1.165, 1.54) is 50.4 Å². The highest BCUT2D eigenvalue weighted by Crippen LogP contribution is 2.42. The number of hydrogen-bond donors (Lipinski definition) is 3. The van der Waals surface area contributed by atoms with Crippen LogP contribution in [0.5, 0.6) is 11.5 Å². The second-order valence-electron chi connectivity index (χ2n) is 11.8. The Morgan fingerprint density at radius 3 is 2.46 bits per heavy atom. The minimum atomic E-state index is -3.85. The van der Waals surface area contributed by atoms with Gasteiger partial charge in [-0.3, -0.25) is 9.69 Å². The summed E-state index contributed by atoms with van der Waals surface area (Å²) in [6.45, 7) is 3.36. The minimum Gasteiger partial charge on any atom is -0.493 e. The first kappa shape index (κ1) is 34.2. The number of aromatic nitrogens is 1. The van der Waals surface area contributed by atoms with E-state index in [9.17, 15) is 23.1 Å². The van der Waals surface area contributed by atoms with Crippen molar-refractivity contribution in [2.24, 2.45) is 0 Å². The van der Waals surface area contributed by atoms with Crippen molar-refractivity contribution in [3.05, 3.63) is 77.7 Å². The van der Waals surface area contributed by atoms with Crippen LogP contribution in [0.25, 0.3) is 10.8 Å². The predicted molar refractivity (Wildman–Crippen MR) is 181 cm³/mol. The second-order valence-corrected chi connectivity index (χ2v) is 14.3. The van der Waals surface area contributed by atoms with E-state index in [0.717, 1.165) is 16.4 Å². The summed E-state index contributed by atoms with van der Waals surface area (Å²) in [7, 11) is 0.278. The molecule has 0 unspecified atom stereocenters. The number of benzene rings is 3. The van der Waals surface area contributed by atoms with E-state index in [1.54, 1.807) is 44.3 Å². The van der Waals surface area contributed by atoms with Crippen LogP contribution in [0.15, 0.2) is 65.7 Å². The number of carboxylic acid groups (broad SMARTS) is 1. The molecule has 1 aliphatic rings. The Balaban J connectivity index is 1.65. The zero-order valence-corrected chi connectivity index (χ0v) is 28.0. The highest BCUT2D eigenvalue weighted by molar-refractivity contribution is 7.92. The molecule has 1 saturated heterocycles. The van der Waals surface area contributed by atoms with Gasteiger partial charge in [-0.2, -0.15) is 0 Å². The molecule has 48 heavy (non-hydrogen) atoms. The predicted octanol–water partition coefficient (Wildman–Crippen LogP) is 5.79. The molecule has 4 aromatic rings. The topological polar surface area (TPSA) is 164 Å². The largest absolute Gasteiger partial charge is 0.493 e. The molecule has 12 nitrogen and oxygen atoms in total. The van der Waals surface area contributed by atoms with Gasteiger partial charge in [0.15, 0.2) is 21.3 Å². The summed E-state index contributed by atoms with van der Waals surface area (Å²) in [5.41, 5.74) is 7.04. The van der Waals surface area contributed by atoms with E-state index in [2.05, 4.69) is 10.3 Å². The van der Waals surface area contributed by atoms with Gasteiger partial charge in [0.1, 0.15) is 17.7 Å². The van der Waals surface area contributed by atoms with Crippen molar-refractivity contribution in [2.45, 2.75) is 48.9 Å². The van der Waals surface area contributed by atoms with Crippen LogP contribution in [0.4, 0.5) is 26.4 Å². The Bertz CT molecular complexity index is 1990. The molecular formula is C34H38FN5O7S. The third-order valence-electron chi connectivity index (χ3n) is 8.66. The molecule has 0 radical (unpaired) electrons. The lowest BCUT2D eigenvalue weighted by atomic mass is 9.99. The Morgan fingerprint density at radius 1 is 1.08 bits per heavy atom. The maximum Gasteiger partial charge on any atom is 0.411 e. The smallest absolute Gasteiger partial charge is 0.411 e. The lowest BCUT2D eigenvalue weighted by Gasteiger charge is -2.32. The van der Waals surface area contributed by atoms with E-state index in [-0.39, 0.29) is 34.2 Å². The number of nitrogen functional groups attached to an aromatic ring is 1. The van der Waals surface area contributed by atoms with E-state index in [4.69, 9.17) is 15.2 Å². The van der Waals surface area contributed by atoms with Crippen LogP contribution in [0.1, 0.15) is 49.9 Å². The average Bonchev–Trinajstić information content (AvgIpc) is 3.56. The fourth-order valence-electron chi connectivity index (χ4n) is 5.97. The van der Waals surface area contributed by atoms with E-state index in [1.807, 2.05) is 0 Å². The minimum absolute atomic E-state index is 0.00673. The van der Waals surface area contributed by atoms with Gasteiger partial charge in [-0.1, -0.05) is 0 Å². The van der Waals surface area contributed by atoms with Crippen molar-refractivity contribution in [1.29, 1.82) is 0 Å². The molecule has 5 rings (SSSR count). The number of nitrogens with two attached hydrogens (primary N) is 1. The number of fused-ring (bicyclic) bond motifs is 1. The lowest BCUT2D eigenvalue weighted by Crippen LogP contribution is -2.38. The van der Waals surface area contributed by atoms with Gasteiger partial charge in [-0.15, -0.1) is 0 Å². The molecule has 14 heteroatoms. The van der Waals surface area contributed by atoms with Crippen molar-refractivity contribution < 1.29 is 37.0 Å². The first-order valence-corrected chi connectivity index (χ1v) is 16.8. The number of halogens is 1. The molecule has 254 valence electrons. The maximum absolute atomic E-state index is 15.9. The molecule has 2 atom stereocenters. The molecule has 2 heterocycles. The molecule has 0 aliphatic carbocycles. The zero-order chi connectivity index (χ0) is 34.9. The SMILES string of the molecule is COc1cc(F)c([C@H](Nc2ccc3c(N)nccc3c2)C(=O)N2CCC[C@@H]2c2cc(N(C)C(=O)O)ccc2S(=O)(=O)C(C)C)cc1OC. The van der Waals surface area contributed by atoms with Gasteiger partial charge in [0.05, 0.1) is 30.4 Å². The number of ether oxygens (including phenoxy) is 2.